The van der Waals surface area contributed by atoms with Crippen LogP contribution in [0.25, 0.3) is 22.2 Å². The number of pyridine rings is 1. The van der Waals surface area contributed by atoms with E-state index in [1.165, 1.54) is 5.56 Å². The molecule has 2 aromatic carbocycles. The van der Waals surface area contributed by atoms with Crippen LogP contribution in [0.1, 0.15) is 77.8 Å². The highest BCUT2D eigenvalue weighted by Gasteiger charge is 2.39. The van der Waals surface area contributed by atoms with Gasteiger partial charge in [-0.05, 0) is 85.3 Å². The van der Waals surface area contributed by atoms with Gasteiger partial charge < -0.3 is 38.5 Å². The second kappa shape index (κ2) is 17.9. The summed E-state index contributed by atoms with van der Waals surface area (Å²) in [4.78, 5) is 32.0. The molecule has 1 fully saturated rings. The van der Waals surface area contributed by atoms with E-state index in [0.29, 0.717) is 26.3 Å². The van der Waals surface area contributed by atoms with E-state index in [4.69, 9.17) is 23.6 Å². The standard InChI is InChI=1S/C44H62N4O7Si/c1-11-48-38-20-19-32(47-22-23-53-33(27-47)25-37(41(49)50)46-42(51)54-28-31-16-13-12-14-17-31)24-35(38)36(26-44(6,7)29-55-56(9,10)43(3,4)5)40(48)34-18-15-21-45-39(34)30(2)52-8/h12-21,24,30,33,37H,11,22-23,25-29H2,1-10H3,(H,46,51)(H,49,50)/t30?,33-,37?/m0/s1. The molecule has 0 bridgehead atoms. The van der Waals surface area contributed by atoms with Crippen molar-refractivity contribution in [2.75, 3.05) is 38.3 Å². The topological polar surface area (TPSA) is 124 Å². The van der Waals surface area contributed by atoms with Gasteiger partial charge in [-0.3, -0.25) is 4.98 Å². The summed E-state index contributed by atoms with van der Waals surface area (Å²) in [6, 6.07) is 18.9. The van der Waals surface area contributed by atoms with Crippen LogP contribution in [0.5, 0.6) is 0 Å². The number of rotatable bonds is 16. The molecule has 304 valence electrons. The Balaban J connectivity index is 1.46. The minimum Gasteiger partial charge on any atom is -0.480 e. The number of carbonyl (C=O) groups excluding carboxylic acids is 1. The number of amides is 1. The Morgan fingerprint density at radius 2 is 1.80 bits per heavy atom. The highest BCUT2D eigenvalue weighted by atomic mass is 28.4. The molecule has 0 radical (unpaired) electrons. The molecule has 3 atom stereocenters. The van der Waals surface area contributed by atoms with Crippen molar-refractivity contribution in [2.24, 2.45) is 5.41 Å². The molecule has 2 N–H and O–H groups in total. The van der Waals surface area contributed by atoms with E-state index in [2.05, 4.69) is 93.7 Å². The molecular formula is C44H62N4O7Si. The summed E-state index contributed by atoms with van der Waals surface area (Å²) >= 11 is 0. The molecule has 56 heavy (non-hydrogen) atoms. The van der Waals surface area contributed by atoms with Crippen LogP contribution in [0, 0.1) is 5.41 Å². The quantitative estimate of drug-likeness (QED) is 0.107. The Morgan fingerprint density at radius 1 is 1.07 bits per heavy atom. The number of carboxylic acids is 1. The molecular weight excluding hydrogens is 725 g/mol. The van der Waals surface area contributed by atoms with Crippen molar-refractivity contribution in [2.45, 2.75) is 111 Å². The summed E-state index contributed by atoms with van der Waals surface area (Å²) < 4.78 is 26.5. The van der Waals surface area contributed by atoms with Crippen LogP contribution in [-0.4, -0.2) is 80.6 Å². The first kappa shape index (κ1) is 42.9. The number of aromatic nitrogens is 2. The van der Waals surface area contributed by atoms with Crippen molar-refractivity contribution in [3.8, 4) is 11.3 Å². The van der Waals surface area contributed by atoms with E-state index in [1.54, 1.807) is 7.11 Å². The summed E-state index contributed by atoms with van der Waals surface area (Å²) in [7, 11) is -0.278. The normalized spacial score (nSPS) is 16.5. The lowest BCUT2D eigenvalue weighted by molar-refractivity contribution is -0.140. The lowest BCUT2D eigenvalue weighted by Gasteiger charge is -2.39. The molecule has 1 saturated heterocycles. The third-order valence-corrected chi connectivity index (χ3v) is 15.9. The second-order valence-electron chi connectivity index (χ2n) is 17.2. The molecule has 0 saturated carbocycles. The van der Waals surface area contributed by atoms with E-state index in [1.807, 2.05) is 49.5 Å². The molecule has 2 unspecified atom stereocenters. The summed E-state index contributed by atoms with van der Waals surface area (Å²) in [6.07, 6.45) is 1.29. The predicted molar refractivity (Wildman–Crippen MR) is 225 cm³/mol. The number of alkyl carbamates (subject to hydrolysis) is 1. The van der Waals surface area contributed by atoms with Gasteiger partial charge in [-0.15, -0.1) is 0 Å². The number of anilines is 1. The van der Waals surface area contributed by atoms with Crippen LogP contribution in [0.15, 0.2) is 66.9 Å². The second-order valence-corrected chi connectivity index (χ2v) is 22.1. The molecule has 3 heterocycles. The Bertz CT molecular complexity index is 1960. The van der Waals surface area contributed by atoms with Crippen molar-refractivity contribution in [3.05, 3.63) is 83.7 Å². The van der Waals surface area contributed by atoms with Crippen molar-refractivity contribution >= 4 is 37.0 Å². The lowest BCUT2D eigenvalue weighted by atomic mass is 9.84. The van der Waals surface area contributed by atoms with Gasteiger partial charge in [0.05, 0.1) is 30.2 Å². The lowest BCUT2D eigenvalue weighted by Crippen LogP contribution is -2.49. The zero-order valence-corrected chi connectivity index (χ0v) is 36.0. The minimum absolute atomic E-state index is 0.0486. The first-order valence-electron chi connectivity index (χ1n) is 19.8. The number of nitrogens with one attached hydrogen (secondary N) is 1. The molecule has 12 heteroatoms. The zero-order valence-electron chi connectivity index (χ0n) is 35.0. The third-order valence-electron chi connectivity index (χ3n) is 11.4. The summed E-state index contributed by atoms with van der Waals surface area (Å²) in [5.41, 5.74) is 7.12. The number of aryl methyl sites for hydroxylation is 1. The van der Waals surface area contributed by atoms with Crippen LogP contribution in [0.2, 0.25) is 18.1 Å². The van der Waals surface area contributed by atoms with Crippen LogP contribution in [-0.2, 0) is 43.0 Å². The Kier molecular flexibility index (Phi) is 13.7. The number of aliphatic carboxylic acids is 1. The maximum atomic E-state index is 12.6. The molecule has 0 aliphatic carbocycles. The highest BCUT2D eigenvalue weighted by Crippen LogP contribution is 2.43. The largest absolute Gasteiger partial charge is 0.480 e. The van der Waals surface area contributed by atoms with Gasteiger partial charge in [-0.1, -0.05) is 65.0 Å². The number of ether oxygens (including phenoxy) is 3. The van der Waals surface area contributed by atoms with Gasteiger partial charge in [0.1, 0.15) is 12.6 Å². The molecule has 5 rings (SSSR count). The van der Waals surface area contributed by atoms with Crippen molar-refractivity contribution in [1.82, 2.24) is 14.9 Å². The third kappa shape index (κ3) is 10.2. The average molecular weight is 787 g/mol. The smallest absolute Gasteiger partial charge is 0.408 e. The van der Waals surface area contributed by atoms with Crippen molar-refractivity contribution < 1.29 is 33.3 Å². The van der Waals surface area contributed by atoms with E-state index in [0.717, 1.165) is 52.1 Å². The number of carbonyl (C=O) groups is 2. The number of morpholine rings is 1. The Hall–Kier alpha value is -4.23. The number of benzene rings is 2. The van der Waals surface area contributed by atoms with E-state index < -0.39 is 32.5 Å². The number of fused-ring (bicyclic) bond motifs is 1. The van der Waals surface area contributed by atoms with Gasteiger partial charge in [0.2, 0.25) is 0 Å². The van der Waals surface area contributed by atoms with Crippen molar-refractivity contribution in [3.63, 3.8) is 0 Å². The molecule has 1 aliphatic heterocycles. The summed E-state index contributed by atoms with van der Waals surface area (Å²) in [6.45, 7) is 23.2. The molecule has 0 spiro atoms. The fraction of sp³-hybridized carbons (Fsp3) is 0.523. The van der Waals surface area contributed by atoms with Gasteiger partial charge in [-0.2, -0.15) is 0 Å². The van der Waals surface area contributed by atoms with Crippen LogP contribution in [0.4, 0.5) is 10.5 Å². The number of methoxy groups -OCH3 is 1. The monoisotopic (exact) mass is 786 g/mol. The zero-order chi connectivity index (χ0) is 40.8. The van der Waals surface area contributed by atoms with Crippen LogP contribution < -0.4 is 10.2 Å². The Morgan fingerprint density at radius 3 is 2.46 bits per heavy atom. The maximum Gasteiger partial charge on any atom is 0.408 e. The molecule has 1 amide bonds. The van der Waals surface area contributed by atoms with E-state index in [9.17, 15) is 14.7 Å². The number of carboxylic acid groups (broad SMARTS) is 1. The van der Waals surface area contributed by atoms with Gasteiger partial charge >= 0.3 is 12.1 Å². The molecule has 4 aromatic rings. The maximum absolute atomic E-state index is 12.6. The first-order valence-corrected chi connectivity index (χ1v) is 22.7. The highest BCUT2D eigenvalue weighted by molar-refractivity contribution is 6.74. The minimum atomic E-state index is -2.00. The van der Waals surface area contributed by atoms with E-state index in [-0.39, 0.29) is 29.6 Å². The molecule has 1 aliphatic rings. The van der Waals surface area contributed by atoms with Gasteiger partial charge in [0, 0.05) is 68.1 Å². The summed E-state index contributed by atoms with van der Waals surface area (Å²) in [5, 5.41) is 13.8. The molecule has 11 nitrogen and oxygen atoms in total. The van der Waals surface area contributed by atoms with Gasteiger partial charge in [0.15, 0.2) is 8.32 Å². The van der Waals surface area contributed by atoms with Gasteiger partial charge in [-0.25, -0.2) is 9.59 Å². The van der Waals surface area contributed by atoms with Crippen molar-refractivity contribution in [1.29, 1.82) is 0 Å². The fourth-order valence-electron chi connectivity index (χ4n) is 7.09. The number of nitrogens with zero attached hydrogens (tertiary/aromatic N) is 3. The number of hydrogen-bond donors (Lipinski definition) is 2. The average Bonchev–Trinajstić information content (AvgIpc) is 3.47. The fourth-order valence-corrected chi connectivity index (χ4v) is 8.27. The Labute approximate surface area is 333 Å². The summed E-state index contributed by atoms with van der Waals surface area (Å²) in [5.74, 6) is -1.14. The first-order chi connectivity index (χ1) is 26.4. The van der Waals surface area contributed by atoms with Crippen LogP contribution >= 0.6 is 0 Å². The van der Waals surface area contributed by atoms with Gasteiger partial charge in [0.25, 0.3) is 0 Å². The molecule has 2 aromatic heterocycles. The SMILES string of the molecule is CCn1c(-c2cccnc2C(C)OC)c(CC(C)(C)CO[Si](C)(C)C(C)(C)C)c2cc(N3CCO[C@@H](CC(NC(=O)OCc4ccccc4)C(=O)O)C3)ccc21. The predicted octanol–water partition coefficient (Wildman–Crippen LogP) is 9.00. The van der Waals surface area contributed by atoms with E-state index >= 15 is 0 Å². The number of hydrogen-bond acceptors (Lipinski definition) is 8. The van der Waals surface area contributed by atoms with Crippen LogP contribution in [0.3, 0.4) is 0 Å².